The van der Waals surface area contributed by atoms with E-state index in [2.05, 4.69) is 27.9 Å². The number of terminal acetylenes is 1. The van der Waals surface area contributed by atoms with Gasteiger partial charge in [0.25, 0.3) is 0 Å². The molecule has 0 aromatic heterocycles. The fraction of sp³-hybridized carbons (Fsp3) is 0.800. The van der Waals surface area contributed by atoms with E-state index in [0.29, 0.717) is 12.1 Å². The van der Waals surface area contributed by atoms with Gasteiger partial charge in [-0.25, -0.2) is 0 Å². The van der Waals surface area contributed by atoms with Crippen LogP contribution in [-0.2, 0) is 0 Å². The van der Waals surface area contributed by atoms with Crippen molar-refractivity contribution in [3.05, 3.63) is 0 Å². The third-order valence-electron chi connectivity index (χ3n) is 3.11. The molecule has 2 atom stereocenters. The summed E-state index contributed by atoms with van der Waals surface area (Å²) in [5.41, 5.74) is 0. The van der Waals surface area contributed by atoms with Crippen molar-refractivity contribution in [3.63, 3.8) is 0 Å². The van der Waals surface area contributed by atoms with E-state index in [1.165, 1.54) is 19.3 Å². The van der Waals surface area contributed by atoms with E-state index in [-0.39, 0.29) is 0 Å². The molecule has 2 rings (SSSR count). The lowest BCUT2D eigenvalue weighted by molar-refractivity contribution is 0.0637. The summed E-state index contributed by atoms with van der Waals surface area (Å²) >= 11 is 4.39. The molecular weight excluding hydrogens is 180 g/mol. The van der Waals surface area contributed by atoms with E-state index < -0.39 is 0 Å². The van der Waals surface area contributed by atoms with Crippen LogP contribution in [0.2, 0.25) is 0 Å². The molecule has 2 aliphatic heterocycles. The number of piperidine rings is 1. The molecule has 0 amide bonds. The summed E-state index contributed by atoms with van der Waals surface area (Å²) in [7, 11) is 0. The quantitative estimate of drug-likeness (QED) is 0.456. The molecule has 0 spiro atoms. The van der Waals surface area contributed by atoms with Crippen molar-refractivity contribution < 1.29 is 0 Å². The predicted octanol–water partition coefficient (Wildman–Crippen LogP) is 1.00. The predicted molar refractivity (Wildman–Crippen MR) is 57.5 cm³/mol. The van der Waals surface area contributed by atoms with Crippen molar-refractivity contribution in [2.75, 3.05) is 19.6 Å². The van der Waals surface area contributed by atoms with Crippen molar-refractivity contribution in [3.8, 4) is 12.3 Å². The molecular formula is C10H16N2S. The van der Waals surface area contributed by atoms with E-state index in [0.717, 1.165) is 19.6 Å². The Hall–Kier alpha value is -0.170. The van der Waals surface area contributed by atoms with E-state index >= 15 is 0 Å². The van der Waals surface area contributed by atoms with Crippen LogP contribution in [-0.4, -0.2) is 40.9 Å². The van der Waals surface area contributed by atoms with Gasteiger partial charge in [0.15, 0.2) is 0 Å². The second-order valence-electron chi connectivity index (χ2n) is 3.92. The summed E-state index contributed by atoms with van der Waals surface area (Å²) in [6.45, 7) is 3.20. The van der Waals surface area contributed by atoms with Crippen molar-refractivity contribution in [1.82, 2.24) is 9.21 Å². The van der Waals surface area contributed by atoms with Gasteiger partial charge in [-0.15, -0.1) is 6.42 Å². The molecule has 0 saturated carbocycles. The van der Waals surface area contributed by atoms with Crippen LogP contribution in [0.25, 0.3) is 0 Å². The highest BCUT2D eigenvalue weighted by atomic mass is 32.1. The third-order valence-corrected chi connectivity index (χ3v) is 3.48. The van der Waals surface area contributed by atoms with Gasteiger partial charge in [0.05, 0.1) is 6.04 Å². The summed E-state index contributed by atoms with van der Waals surface area (Å²) in [6.07, 6.45) is 9.26. The molecule has 0 aromatic carbocycles. The molecule has 2 fully saturated rings. The van der Waals surface area contributed by atoms with Gasteiger partial charge in [0.1, 0.15) is 0 Å². The Balaban J connectivity index is 2.04. The van der Waals surface area contributed by atoms with Crippen LogP contribution < -0.4 is 0 Å². The highest BCUT2D eigenvalue weighted by molar-refractivity contribution is 7.77. The van der Waals surface area contributed by atoms with Crippen molar-refractivity contribution in [2.24, 2.45) is 0 Å². The number of piperazine rings is 1. The Bertz CT molecular complexity index is 223. The van der Waals surface area contributed by atoms with Gasteiger partial charge in [-0.2, -0.15) is 0 Å². The van der Waals surface area contributed by atoms with Gasteiger partial charge in [-0.05, 0) is 19.3 Å². The van der Waals surface area contributed by atoms with Crippen LogP contribution in [0.1, 0.15) is 19.3 Å². The lowest BCUT2D eigenvalue weighted by Gasteiger charge is -2.45. The van der Waals surface area contributed by atoms with Crippen LogP contribution in [0.4, 0.5) is 0 Å². The van der Waals surface area contributed by atoms with Crippen LogP contribution in [0.5, 0.6) is 0 Å². The maximum atomic E-state index is 5.52. The topological polar surface area (TPSA) is 6.48 Å². The molecule has 0 radical (unpaired) electrons. The first kappa shape index (κ1) is 9.39. The standard InChI is InChI=1S/C10H16N2S/c1-2-9-4-3-5-10-8-11(13)6-7-12(9)10/h1,9-10,13H,3-8H2. The average Bonchev–Trinajstić information content (AvgIpc) is 2.16. The molecule has 2 aliphatic rings. The Labute approximate surface area is 85.8 Å². The minimum absolute atomic E-state index is 0.390. The summed E-state index contributed by atoms with van der Waals surface area (Å²) in [5, 5.41) is 0. The Kier molecular flexibility index (Phi) is 2.83. The smallest absolute Gasteiger partial charge is 0.0715 e. The van der Waals surface area contributed by atoms with E-state index in [9.17, 15) is 0 Å². The van der Waals surface area contributed by atoms with Crippen LogP contribution in [0, 0.1) is 12.3 Å². The number of rotatable bonds is 0. The van der Waals surface area contributed by atoms with E-state index in [1.807, 2.05) is 0 Å². The molecule has 0 aliphatic carbocycles. The molecule has 0 bridgehead atoms. The Morgan fingerprint density at radius 3 is 2.92 bits per heavy atom. The average molecular weight is 196 g/mol. The second-order valence-corrected chi connectivity index (χ2v) is 4.48. The minimum Gasteiger partial charge on any atom is -0.284 e. The largest absolute Gasteiger partial charge is 0.284 e. The van der Waals surface area contributed by atoms with Crippen LogP contribution >= 0.6 is 12.8 Å². The maximum absolute atomic E-state index is 5.52. The lowest BCUT2D eigenvalue weighted by atomic mass is 9.94. The second kappa shape index (κ2) is 3.91. The van der Waals surface area contributed by atoms with E-state index in [1.54, 1.807) is 0 Å². The number of hydrogen-bond donors (Lipinski definition) is 1. The summed E-state index contributed by atoms with van der Waals surface area (Å²) in [6, 6.07) is 1.04. The first-order chi connectivity index (χ1) is 6.31. The lowest BCUT2D eigenvalue weighted by Crippen LogP contribution is -2.56. The zero-order chi connectivity index (χ0) is 9.26. The van der Waals surface area contributed by atoms with Crippen LogP contribution in [0.3, 0.4) is 0 Å². The number of nitrogens with zero attached hydrogens (tertiary/aromatic N) is 2. The highest BCUT2D eigenvalue weighted by Crippen LogP contribution is 2.26. The minimum atomic E-state index is 0.390. The fourth-order valence-corrected chi connectivity index (χ4v) is 2.69. The van der Waals surface area contributed by atoms with Gasteiger partial charge in [-0.1, -0.05) is 18.7 Å². The van der Waals surface area contributed by atoms with Gasteiger partial charge >= 0.3 is 0 Å². The van der Waals surface area contributed by atoms with E-state index in [4.69, 9.17) is 6.42 Å². The molecule has 3 heteroatoms. The first-order valence-corrected chi connectivity index (χ1v) is 5.37. The summed E-state index contributed by atoms with van der Waals surface area (Å²) in [5.74, 6) is 2.90. The zero-order valence-corrected chi connectivity index (χ0v) is 8.71. The third kappa shape index (κ3) is 1.85. The van der Waals surface area contributed by atoms with Crippen LogP contribution in [0.15, 0.2) is 0 Å². The molecule has 13 heavy (non-hydrogen) atoms. The molecule has 2 unspecified atom stereocenters. The van der Waals surface area contributed by atoms with Crippen molar-refractivity contribution in [2.45, 2.75) is 31.3 Å². The molecule has 0 aromatic rings. The zero-order valence-electron chi connectivity index (χ0n) is 7.82. The summed E-state index contributed by atoms with van der Waals surface area (Å²) in [4.78, 5) is 2.48. The number of fused-ring (bicyclic) bond motifs is 1. The first-order valence-electron chi connectivity index (χ1n) is 4.97. The summed E-state index contributed by atoms with van der Waals surface area (Å²) < 4.78 is 2.11. The van der Waals surface area contributed by atoms with Gasteiger partial charge in [0, 0.05) is 25.7 Å². The molecule has 72 valence electrons. The molecule has 0 N–H and O–H groups in total. The number of thiol groups is 1. The van der Waals surface area contributed by atoms with Gasteiger partial charge in [0.2, 0.25) is 0 Å². The molecule has 2 heterocycles. The van der Waals surface area contributed by atoms with Gasteiger partial charge < -0.3 is 0 Å². The highest BCUT2D eigenvalue weighted by Gasteiger charge is 2.32. The number of hydrogen-bond acceptors (Lipinski definition) is 3. The normalized spacial score (nSPS) is 36.6. The molecule has 2 saturated heterocycles. The fourth-order valence-electron chi connectivity index (χ4n) is 2.41. The Morgan fingerprint density at radius 2 is 2.15 bits per heavy atom. The SMILES string of the molecule is C#CC1CCCC2CN(S)CCN12. The Morgan fingerprint density at radius 1 is 1.31 bits per heavy atom. The monoisotopic (exact) mass is 196 g/mol. The maximum Gasteiger partial charge on any atom is 0.0715 e. The van der Waals surface area contributed by atoms with Crippen molar-refractivity contribution >= 4 is 12.8 Å². The molecule has 2 nitrogen and oxygen atoms in total. The van der Waals surface area contributed by atoms with Crippen molar-refractivity contribution in [1.29, 1.82) is 0 Å². The van der Waals surface area contributed by atoms with Gasteiger partial charge in [-0.3, -0.25) is 9.21 Å².